The number of thiophene rings is 1. The maximum absolute atomic E-state index is 12.7. The van der Waals surface area contributed by atoms with Gasteiger partial charge in [-0.3, -0.25) is 9.69 Å². The minimum Gasteiger partial charge on any atom is -0.396 e. The van der Waals surface area contributed by atoms with Crippen LogP contribution < -0.4 is 5.14 Å². The van der Waals surface area contributed by atoms with Gasteiger partial charge in [-0.25, -0.2) is 13.6 Å². The van der Waals surface area contributed by atoms with E-state index < -0.39 is 10.0 Å². The molecule has 1 saturated heterocycles. The molecule has 0 spiro atoms. The van der Waals surface area contributed by atoms with E-state index in [0.29, 0.717) is 32.0 Å². The Morgan fingerprint density at radius 2 is 2.17 bits per heavy atom. The van der Waals surface area contributed by atoms with Gasteiger partial charge in [0.25, 0.3) is 5.91 Å². The number of aliphatic hydroxyl groups is 1. The van der Waals surface area contributed by atoms with Crippen LogP contribution in [0, 0.1) is 5.92 Å². The molecular weight excluding hydrogens is 350 g/mol. The summed E-state index contributed by atoms with van der Waals surface area (Å²) in [4.78, 5) is 16.8. The van der Waals surface area contributed by atoms with Crippen molar-refractivity contribution < 1.29 is 18.3 Å². The Morgan fingerprint density at radius 1 is 1.46 bits per heavy atom. The number of amides is 1. The summed E-state index contributed by atoms with van der Waals surface area (Å²) in [7, 11) is -3.91. The Morgan fingerprint density at radius 3 is 2.75 bits per heavy atom. The van der Waals surface area contributed by atoms with Crippen LogP contribution in [0.15, 0.2) is 16.3 Å². The number of aliphatic hydroxyl groups excluding tert-OH is 1. The second-order valence-corrected chi connectivity index (χ2v) is 8.91. The van der Waals surface area contributed by atoms with Crippen LogP contribution in [0.4, 0.5) is 0 Å². The van der Waals surface area contributed by atoms with Gasteiger partial charge in [0.05, 0.1) is 0 Å². The molecule has 2 rings (SSSR count). The average molecular weight is 376 g/mol. The highest BCUT2D eigenvalue weighted by molar-refractivity contribution is 7.89. The lowest BCUT2D eigenvalue weighted by atomic mass is 10.1. The van der Waals surface area contributed by atoms with Gasteiger partial charge in [0.1, 0.15) is 9.77 Å². The molecule has 9 heteroatoms. The van der Waals surface area contributed by atoms with E-state index in [4.69, 9.17) is 5.14 Å². The zero-order valence-corrected chi connectivity index (χ0v) is 15.6. The van der Waals surface area contributed by atoms with Gasteiger partial charge in [-0.2, -0.15) is 0 Å². The molecule has 0 aromatic carbocycles. The summed E-state index contributed by atoms with van der Waals surface area (Å²) in [6.07, 6.45) is 0.586. The molecule has 1 amide bonds. The third kappa shape index (κ3) is 4.54. The molecule has 1 aliphatic rings. The fourth-order valence-corrected chi connectivity index (χ4v) is 4.97. The Hall–Kier alpha value is -1.00. The van der Waals surface area contributed by atoms with Crippen LogP contribution in [-0.4, -0.2) is 68.1 Å². The number of rotatable bonds is 6. The van der Waals surface area contributed by atoms with E-state index in [0.717, 1.165) is 17.9 Å². The SMILES string of the molecule is CC(C)CN1CCN(C(=O)c2sccc2S(N)(=O)=O)C[C@H]1CCO. The Bertz CT molecular complexity index is 672. The summed E-state index contributed by atoms with van der Waals surface area (Å²) < 4.78 is 23.2. The van der Waals surface area contributed by atoms with Crippen molar-refractivity contribution >= 4 is 27.3 Å². The van der Waals surface area contributed by atoms with Gasteiger partial charge < -0.3 is 10.0 Å². The predicted octanol–water partition coefficient (Wildman–Crippen LogP) is 0.560. The minimum atomic E-state index is -3.91. The number of nitrogens with two attached hydrogens (primary N) is 1. The molecule has 1 aliphatic heterocycles. The maximum Gasteiger partial charge on any atom is 0.265 e. The molecule has 24 heavy (non-hydrogen) atoms. The van der Waals surface area contributed by atoms with Crippen molar-refractivity contribution in [2.45, 2.75) is 31.2 Å². The van der Waals surface area contributed by atoms with Crippen LogP contribution in [0.5, 0.6) is 0 Å². The molecule has 2 heterocycles. The number of sulfonamides is 1. The van der Waals surface area contributed by atoms with Gasteiger partial charge in [-0.1, -0.05) is 13.8 Å². The van der Waals surface area contributed by atoms with E-state index in [1.54, 1.807) is 10.3 Å². The number of hydrogen-bond acceptors (Lipinski definition) is 6. The molecule has 0 aliphatic carbocycles. The molecule has 0 bridgehead atoms. The van der Waals surface area contributed by atoms with Crippen molar-refractivity contribution in [3.05, 3.63) is 16.3 Å². The Balaban J connectivity index is 2.16. The molecule has 1 aromatic rings. The summed E-state index contributed by atoms with van der Waals surface area (Å²) in [5, 5.41) is 16.1. The highest BCUT2D eigenvalue weighted by Gasteiger charge is 2.32. The van der Waals surface area contributed by atoms with Crippen molar-refractivity contribution in [1.29, 1.82) is 0 Å². The predicted molar refractivity (Wildman–Crippen MR) is 93.5 cm³/mol. The van der Waals surface area contributed by atoms with Gasteiger partial charge in [0, 0.05) is 38.8 Å². The largest absolute Gasteiger partial charge is 0.396 e. The molecule has 0 saturated carbocycles. The van der Waals surface area contributed by atoms with Gasteiger partial charge in [-0.15, -0.1) is 11.3 Å². The lowest BCUT2D eigenvalue weighted by Gasteiger charge is -2.42. The first-order valence-corrected chi connectivity index (χ1v) is 10.4. The lowest BCUT2D eigenvalue weighted by Crippen LogP contribution is -2.55. The van der Waals surface area contributed by atoms with E-state index in [1.165, 1.54) is 6.07 Å². The molecule has 1 aromatic heterocycles. The number of carbonyl (C=O) groups excluding carboxylic acids is 1. The molecule has 0 unspecified atom stereocenters. The van der Waals surface area contributed by atoms with Crippen LogP contribution in [0.25, 0.3) is 0 Å². The van der Waals surface area contributed by atoms with Gasteiger partial charge >= 0.3 is 0 Å². The monoisotopic (exact) mass is 375 g/mol. The van der Waals surface area contributed by atoms with Gasteiger partial charge in [0.15, 0.2) is 0 Å². The van der Waals surface area contributed by atoms with E-state index in [2.05, 4.69) is 18.7 Å². The highest BCUT2D eigenvalue weighted by atomic mass is 32.2. The highest BCUT2D eigenvalue weighted by Crippen LogP contribution is 2.24. The number of hydrogen-bond donors (Lipinski definition) is 2. The average Bonchev–Trinajstić information content (AvgIpc) is 2.97. The summed E-state index contributed by atoms with van der Waals surface area (Å²) >= 11 is 1.09. The van der Waals surface area contributed by atoms with Crippen molar-refractivity contribution in [1.82, 2.24) is 9.80 Å². The zero-order chi connectivity index (χ0) is 17.9. The van der Waals surface area contributed by atoms with Crippen molar-refractivity contribution in [2.24, 2.45) is 11.1 Å². The molecule has 0 radical (unpaired) electrons. The zero-order valence-electron chi connectivity index (χ0n) is 14.0. The van der Waals surface area contributed by atoms with Crippen LogP contribution >= 0.6 is 11.3 Å². The quantitative estimate of drug-likeness (QED) is 0.756. The van der Waals surface area contributed by atoms with E-state index in [-0.39, 0.29) is 28.3 Å². The van der Waals surface area contributed by atoms with Crippen LogP contribution in [0.3, 0.4) is 0 Å². The summed E-state index contributed by atoms with van der Waals surface area (Å²) in [6.45, 7) is 6.97. The minimum absolute atomic E-state index is 0.0583. The molecule has 136 valence electrons. The summed E-state index contributed by atoms with van der Waals surface area (Å²) in [6, 6.07) is 1.45. The van der Waals surface area contributed by atoms with Crippen molar-refractivity contribution in [3.8, 4) is 0 Å². The molecular formula is C15H25N3O4S2. The smallest absolute Gasteiger partial charge is 0.265 e. The van der Waals surface area contributed by atoms with Gasteiger partial charge in [0.2, 0.25) is 10.0 Å². The van der Waals surface area contributed by atoms with E-state index >= 15 is 0 Å². The molecule has 7 nitrogen and oxygen atoms in total. The molecule has 1 fully saturated rings. The number of piperazine rings is 1. The van der Waals surface area contributed by atoms with Crippen LogP contribution in [-0.2, 0) is 10.0 Å². The normalized spacial score (nSPS) is 19.9. The first-order valence-electron chi connectivity index (χ1n) is 7.98. The summed E-state index contributed by atoms with van der Waals surface area (Å²) in [5.41, 5.74) is 0. The standard InChI is InChI=1S/C15H25N3O4S2/c1-11(2)9-17-5-6-18(10-12(17)3-7-19)15(20)14-13(4-8-23-14)24(16,21)22/h4,8,11-12,19H,3,5-7,9-10H2,1-2H3,(H2,16,21,22)/t12-/m1/s1. The van der Waals surface area contributed by atoms with Crippen LogP contribution in [0.1, 0.15) is 29.9 Å². The summed E-state index contributed by atoms with van der Waals surface area (Å²) in [5.74, 6) is 0.195. The number of nitrogens with zero attached hydrogens (tertiary/aromatic N) is 2. The third-order valence-electron chi connectivity index (χ3n) is 4.08. The molecule has 1 atom stereocenters. The van der Waals surface area contributed by atoms with Crippen LogP contribution in [0.2, 0.25) is 0 Å². The third-order valence-corrected chi connectivity index (χ3v) is 6.07. The first-order chi connectivity index (χ1) is 11.2. The van der Waals surface area contributed by atoms with Crippen molar-refractivity contribution in [3.63, 3.8) is 0 Å². The molecule has 3 N–H and O–H groups in total. The first kappa shape index (κ1) is 19.3. The van der Waals surface area contributed by atoms with E-state index in [9.17, 15) is 18.3 Å². The Kier molecular flexibility index (Phi) is 6.38. The Labute approximate surface area is 147 Å². The lowest BCUT2D eigenvalue weighted by molar-refractivity contribution is 0.0385. The number of carbonyl (C=O) groups is 1. The maximum atomic E-state index is 12.7. The fourth-order valence-electron chi connectivity index (χ4n) is 3.03. The fraction of sp³-hybridized carbons (Fsp3) is 0.667. The van der Waals surface area contributed by atoms with Gasteiger partial charge in [-0.05, 0) is 23.8 Å². The topological polar surface area (TPSA) is 104 Å². The number of primary sulfonamides is 1. The second-order valence-electron chi connectivity index (χ2n) is 6.47. The second kappa shape index (κ2) is 7.92. The van der Waals surface area contributed by atoms with Crippen molar-refractivity contribution in [2.75, 3.05) is 32.8 Å². The van der Waals surface area contributed by atoms with E-state index in [1.807, 2.05) is 0 Å².